The van der Waals surface area contributed by atoms with Crippen molar-refractivity contribution < 1.29 is 29.7 Å². The van der Waals surface area contributed by atoms with E-state index in [1.165, 1.54) is 83.5 Å². The molecule has 0 aromatic heterocycles. The Morgan fingerprint density at radius 3 is 1.07 bits per heavy atom. The normalized spacial score (nSPS) is 10.1. The van der Waals surface area contributed by atoms with Gasteiger partial charge in [0.05, 0.1) is 0 Å². The molecule has 0 rings (SSSR count). The molecule has 0 saturated heterocycles. The summed E-state index contributed by atoms with van der Waals surface area (Å²) in [5, 5.41) is 24.1. The second-order valence-corrected chi connectivity index (χ2v) is 7.10. The first-order valence-electron chi connectivity index (χ1n) is 10.8. The molecule has 165 valence electrons. The second-order valence-electron chi connectivity index (χ2n) is 7.10. The Morgan fingerprint density at radius 2 is 0.828 bits per heavy atom. The molecule has 0 bridgehead atoms. The third-order valence-electron chi connectivity index (χ3n) is 4.36. The van der Waals surface area contributed by atoms with E-state index in [1.54, 1.807) is 0 Å². The van der Waals surface area contributed by atoms with E-state index in [2.05, 4.69) is 6.92 Å². The van der Waals surface area contributed by atoms with Gasteiger partial charge in [-0.2, -0.15) is 0 Å². The average molecular weight is 424 g/mol. The van der Waals surface area contributed by atoms with Crippen LogP contribution >= 0.6 is 0 Å². The number of rotatable bonds is 18. The summed E-state index contributed by atoms with van der Waals surface area (Å²) in [5.74, 6) is -3.17. The van der Waals surface area contributed by atoms with Crippen LogP contribution in [0, 0.1) is 0 Å². The van der Waals surface area contributed by atoms with Crippen LogP contribution in [-0.4, -0.2) is 62.8 Å². The van der Waals surface area contributed by atoms with Crippen LogP contribution in [0.4, 0.5) is 0 Å². The molecule has 0 aliphatic heterocycles. The van der Waals surface area contributed by atoms with Gasteiger partial charge in [0.15, 0.2) is 0 Å². The maximum atomic E-state index is 10.3. The molecule has 3 N–H and O–H groups in total. The zero-order valence-corrected chi connectivity index (χ0v) is 20.5. The molecule has 0 spiro atoms. The zero-order valence-electron chi connectivity index (χ0n) is 18.5. The molecule has 0 fully saturated rings. The van der Waals surface area contributed by atoms with Crippen molar-refractivity contribution in [3.8, 4) is 0 Å². The van der Waals surface area contributed by atoms with Crippen LogP contribution < -0.4 is 0 Å². The summed E-state index contributed by atoms with van der Waals surface area (Å²) >= 11 is 0. The SMILES string of the molecule is CCCCCCCCCCCCCCCCCC(=O)O.O=C(O)/C=C/C(=O)O.[Na]. The topological polar surface area (TPSA) is 112 Å². The molecule has 7 heteroatoms. The van der Waals surface area contributed by atoms with Crippen molar-refractivity contribution in [2.75, 3.05) is 0 Å². The van der Waals surface area contributed by atoms with Gasteiger partial charge in [-0.1, -0.05) is 96.8 Å². The van der Waals surface area contributed by atoms with Crippen LogP contribution in [0.5, 0.6) is 0 Å². The predicted octanol–water partition coefficient (Wildman–Crippen LogP) is 5.66. The summed E-state index contributed by atoms with van der Waals surface area (Å²) in [4.78, 5) is 29.4. The van der Waals surface area contributed by atoms with Crippen molar-refractivity contribution in [1.82, 2.24) is 0 Å². The Bertz CT molecular complexity index is 408. The number of unbranched alkanes of at least 4 members (excludes halogenated alkanes) is 14. The summed E-state index contributed by atoms with van der Waals surface area (Å²) in [6, 6.07) is 0. The van der Waals surface area contributed by atoms with Gasteiger partial charge in [0.2, 0.25) is 0 Å². The summed E-state index contributed by atoms with van der Waals surface area (Å²) in [6.45, 7) is 2.27. The van der Waals surface area contributed by atoms with E-state index in [0.717, 1.165) is 12.8 Å². The molecule has 0 unspecified atom stereocenters. The number of carboxylic acids is 3. The molecule has 0 aliphatic rings. The molecule has 0 amide bonds. The van der Waals surface area contributed by atoms with Crippen molar-refractivity contribution in [3.05, 3.63) is 12.2 Å². The van der Waals surface area contributed by atoms with Gasteiger partial charge in [-0.15, -0.1) is 0 Å². The minimum atomic E-state index is -1.26. The molecule has 29 heavy (non-hydrogen) atoms. The predicted molar refractivity (Wildman–Crippen MR) is 117 cm³/mol. The molecule has 0 aromatic carbocycles. The minimum Gasteiger partial charge on any atom is -0.481 e. The van der Waals surface area contributed by atoms with Gasteiger partial charge in [-0.3, -0.25) is 4.79 Å². The van der Waals surface area contributed by atoms with Gasteiger partial charge < -0.3 is 15.3 Å². The fraction of sp³-hybridized carbons (Fsp3) is 0.773. The summed E-state index contributed by atoms with van der Waals surface area (Å²) < 4.78 is 0. The fourth-order valence-corrected chi connectivity index (χ4v) is 2.79. The van der Waals surface area contributed by atoms with Crippen molar-refractivity contribution in [2.45, 2.75) is 110 Å². The van der Waals surface area contributed by atoms with Crippen molar-refractivity contribution in [3.63, 3.8) is 0 Å². The van der Waals surface area contributed by atoms with Crippen LogP contribution in [0.3, 0.4) is 0 Å². The Hall–Kier alpha value is -0.850. The molecular weight excluding hydrogens is 383 g/mol. The number of carbonyl (C=O) groups is 3. The van der Waals surface area contributed by atoms with Crippen molar-refractivity contribution >= 4 is 47.5 Å². The quantitative estimate of drug-likeness (QED) is 0.149. The zero-order chi connectivity index (χ0) is 21.5. The first kappa shape index (κ1) is 32.8. The first-order chi connectivity index (χ1) is 13.4. The van der Waals surface area contributed by atoms with Crippen molar-refractivity contribution in [2.24, 2.45) is 0 Å². The third-order valence-corrected chi connectivity index (χ3v) is 4.36. The molecule has 0 heterocycles. The van der Waals surface area contributed by atoms with E-state index in [9.17, 15) is 14.4 Å². The monoisotopic (exact) mass is 423 g/mol. The Kier molecular flexibility index (Phi) is 30.7. The van der Waals surface area contributed by atoms with Gasteiger partial charge in [-0.05, 0) is 6.42 Å². The van der Waals surface area contributed by atoms with Crippen molar-refractivity contribution in [1.29, 1.82) is 0 Å². The third kappa shape index (κ3) is 38.4. The Balaban J connectivity index is -0.000000636. The van der Waals surface area contributed by atoms with Crippen LogP contribution in [-0.2, 0) is 14.4 Å². The number of hydrogen-bond donors (Lipinski definition) is 3. The number of hydrogen-bond acceptors (Lipinski definition) is 3. The Morgan fingerprint density at radius 1 is 0.552 bits per heavy atom. The van der Waals surface area contributed by atoms with Gasteiger partial charge >= 0.3 is 17.9 Å². The maximum Gasteiger partial charge on any atom is 0.328 e. The largest absolute Gasteiger partial charge is 0.481 e. The summed E-state index contributed by atoms with van der Waals surface area (Å²) in [5.41, 5.74) is 0. The second kappa shape index (κ2) is 27.1. The molecule has 0 atom stereocenters. The summed E-state index contributed by atoms with van der Waals surface area (Å²) in [7, 11) is 0. The van der Waals surface area contributed by atoms with E-state index in [4.69, 9.17) is 15.3 Å². The summed E-state index contributed by atoms with van der Waals surface area (Å²) in [6.07, 6.45) is 21.3. The molecule has 6 nitrogen and oxygen atoms in total. The van der Waals surface area contributed by atoms with E-state index in [-0.39, 0.29) is 29.6 Å². The van der Waals surface area contributed by atoms with Crippen LogP contribution in [0.25, 0.3) is 0 Å². The van der Waals surface area contributed by atoms with E-state index >= 15 is 0 Å². The minimum absolute atomic E-state index is 0. The van der Waals surface area contributed by atoms with Gasteiger partial charge in [0, 0.05) is 48.1 Å². The van der Waals surface area contributed by atoms with E-state index in [1.807, 2.05) is 0 Å². The standard InChI is InChI=1S/C18H36O2.C4H4O4.Na/c1-2-3-4-5-6-7-8-9-10-11-12-13-14-15-16-17-18(19)20;5-3(6)1-2-4(7)8;/h2-17H2,1H3,(H,19,20);1-2H,(H,5,6)(H,7,8);/b;2-1+;. The molecular formula is C22H40NaO6. The molecule has 1 radical (unpaired) electrons. The van der Waals surface area contributed by atoms with E-state index in [0.29, 0.717) is 18.6 Å². The fourth-order valence-electron chi connectivity index (χ4n) is 2.79. The smallest absolute Gasteiger partial charge is 0.328 e. The number of aliphatic carboxylic acids is 3. The van der Waals surface area contributed by atoms with E-state index < -0.39 is 17.9 Å². The first-order valence-corrected chi connectivity index (χ1v) is 10.8. The molecule has 0 aliphatic carbocycles. The molecule has 0 aromatic rings. The van der Waals surface area contributed by atoms with Crippen LogP contribution in [0.2, 0.25) is 0 Å². The average Bonchev–Trinajstić information content (AvgIpc) is 2.63. The molecule has 0 saturated carbocycles. The maximum absolute atomic E-state index is 10.3. The number of carboxylic acid groups (broad SMARTS) is 3. The van der Waals surface area contributed by atoms with Crippen LogP contribution in [0.15, 0.2) is 12.2 Å². The Labute approximate surface area is 198 Å². The van der Waals surface area contributed by atoms with Gasteiger partial charge in [0.25, 0.3) is 0 Å². The van der Waals surface area contributed by atoms with Gasteiger partial charge in [-0.25, -0.2) is 9.59 Å². The van der Waals surface area contributed by atoms with Crippen LogP contribution in [0.1, 0.15) is 110 Å². The van der Waals surface area contributed by atoms with Gasteiger partial charge in [0.1, 0.15) is 0 Å².